The molecule has 1 fully saturated rings. The first kappa shape index (κ1) is 22.9. The topological polar surface area (TPSA) is 82.1 Å². The van der Waals surface area contributed by atoms with Gasteiger partial charge < -0.3 is 19.1 Å². The van der Waals surface area contributed by atoms with Crippen LogP contribution in [0.15, 0.2) is 48.5 Å². The first-order chi connectivity index (χ1) is 15.9. The number of esters is 1. The number of likely N-dealkylation sites (N-methyl/N-ethyl adjacent to an activating group) is 1. The standard InChI is InChI=1S/C25H24ClNO6/c1-27(25(13-5-4-8-22(25)28)18-6-2-3-7-19(18)26)23(29)15-31-24(30)12-10-17-9-11-20-21(14-17)33-16-32-20/h2-3,6-7,9-12,14H,4-5,8,13,15-16H2,1H3. The van der Waals surface area contributed by atoms with E-state index in [0.29, 0.717) is 34.9 Å². The Balaban J connectivity index is 1.44. The van der Waals surface area contributed by atoms with Crippen molar-refractivity contribution in [3.63, 3.8) is 0 Å². The van der Waals surface area contributed by atoms with Crippen LogP contribution in [0.5, 0.6) is 11.5 Å². The molecule has 8 heteroatoms. The number of amides is 1. The average molecular weight is 470 g/mol. The molecule has 0 aromatic heterocycles. The Morgan fingerprint density at radius 1 is 1.15 bits per heavy atom. The van der Waals surface area contributed by atoms with Crippen molar-refractivity contribution in [2.24, 2.45) is 0 Å². The summed E-state index contributed by atoms with van der Waals surface area (Å²) in [5.74, 6) is 0.0373. The second-order valence-electron chi connectivity index (χ2n) is 7.98. The number of hydrogen-bond donors (Lipinski definition) is 0. The van der Waals surface area contributed by atoms with E-state index in [1.807, 2.05) is 0 Å². The second kappa shape index (κ2) is 9.67. The number of fused-ring (bicyclic) bond motifs is 1. The summed E-state index contributed by atoms with van der Waals surface area (Å²) in [6.07, 6.45) is 5.19. The SMILES string of the molecule is CN(C(=O)COC(=O)C=Cc1ccc2c(c1)OCO2)C1(c2ccccc2Cl)CCCCC1=O. The fraction of sp³-hybridized carbons (Fsp3) is 0.320. The monoisotopic (exact) mass is 469 g/mol. The molecule has 1 atom stereocenters. The highest BCUT2D eigenvalue weighted by Gasteiger charge is 2.47. The van der Waals surface area contributed by atoms with E-state index in [1.165, 1.54) is 11.0 Å². The van der Waals surface area contributed by atoms with Crippen LogP contribution in [0, 0.1) is 0 Å². The van der Waals surface area contributed by atoms with Gasteiger partial charge in [-0.1, -0.05) is 35.9 Å². The zero-order valence-electron chi connectivity index (χ0n) is 18.2. The number of Topliss-reactive ketones (excluding diaryl/α,β-unsaturated/α-hetero) is 1. The number of hydrogen-bond acceptors (Lipinski definition) is 6. The van der Waals surface area contributed by atoms with Crippen molar-refractivity contribution in [1.29, 1.82) is 0 Å². The van der Waals surface area contributed by atoms with Crippen molar-refractivity contribution in [3.05, 3.63) is 64.7 Å². The maximum atomic E-state index is 13.1. The van der Waals surface area contributed by atoms with E-state index >= 15 is 0 Å². The Bertz CT molecular complexity index is 1110. The van der Waals surface area contributed by atoms with E-state index in [2.05, 4.69) is 0 Å². The second-order valence-corrected chi connectivity index (χ2v) is 8.38. The van der Waals surface area contributed by atoms with Gasteiger partial charge in [-0.05, 0) is 49.1 Å². The van der Waals surface area contributed by atoms with E-state index in [-0.39, 0.29) is 12.6 Å². The minimum atomic E-state index is -1.16. The number of ketones is 1. The van der Waals surface area contributed by atoms with Gasteiger partial charge in [-0.3, -0.25) is 9.59 Å². The first-order valence-electron chi connectivity index (χ1n) is 10.7. The summed E-state index contributed by atoms with van der Waals surface area (Å²) >= 11 is 6.42. The molecule has 1 amide bonds. The van der Waals surface area contributed by atoms with Gasteiger partial charge in [-0.15, -0.1) is 0 Å². The summed E-state index contributed by atoms with van der Waals surface area (Å²) < 4.78 is 15.7. The lowest BCUT2D eigenvalue weighted by molar-refractivity contribution is -0.155. The fourth-order valence-electron chi connectivity index (χ4n) is 4.30. The van der Waals surface area contributed by atoms with Gasteiger partial charge in [0.05, 0.1) is 0 Å². The quantitative estimate of drug-likeness (QED) is 0.467. The molecular formula is C25H24ClNO6. The van der Waals surface area contributed by atoms with Crippen LogP contribution in [0.3, 0.4) is 0 Å². The summed E-state index contributed by atoms with van der Waals surface area (Å²) in [5, 5.41) is 0.427. The van der Waals surface area contributed by atoms with Crippen molar-refractivity contribution >= 4 is 35.3 Å². The van der Waals surface area contributed by atoms with Gasteiger partial charge in [0, 0.05) is 30.1 Å². The Hall–Kier alpha value is -3.32. The van der Waals surface area contributed by atoms with Crippen molar-refractivity contribution in [2.75, 3.05) is 20.4 Å². The molecule has 1 unspecified atom stereocenters. The van der Waals surface area contributed by atoms with Crippen LogP contribution in [0.25, 0.3) is 6.08 Å². The summed E-state index contributed by atoms with van der Waals surface area (Å²) in [5.41, 5.74) is 0.161. The van der Waals surface area contributed by atoms with E-state index < -0.39 is 24.0 Å². The number of halogens is 1. The normalized spacial score (nSPS) is 19.5. The molecule has 0 N–H and O–H groups in total. The predicted molar refractivity (Wildman–Crippen MR) is 122 cm³/mol. The number of nitrogens with zero attached hydrogens (tertiary/aromatic N) is 1. The minimum Gasteiger partial charge on any atom is -0.454 e. The lowest BCUT2D eigenvalue weighted by Crippen LogP contribution is -2.55. The highest BCUT2D eigenvalue weighted by atomic mass is 35.5. The van der Waals surface area contributed by atoms with E-state index in [1.54, 1.807) is 55.6 Å². The highest BCUT2D eigenvalue weighted by Crippen LogP contribution is 2.42. The molecule has 2 aromatic carbocycles. The molecule has 172 valence electrons. The Kier molecular flexibility index (Phi) is 6.70. The van der Waals surface area contributed by atoms with Gasteiger partial charge >= 0.3 is 5.97 Å². The van der Waals surface area contributed by atoms with Gasteiger partial charge in [-0.25, -0.2) is 4.79 Å². The number of rotatable bonds is 6. The van der Waals surface area contributed by atoms with Crippen molar-refractivity contribution in [1.82, 2.24) is 4.90 Å². The van der Waals surface area contributed by atoms with Crippen LogP contribution >= 0.6 is 11.6 Å². The third-order valence-corrected chi connectivity index (χ3v) is 6.40. The number of carbonyl (C=O) groups excluding carboxylic acids is 3. The van der Waals surface area contributed by atoms with Crippen LogP contribution in [-0.2, 0) is 24.7 Å². The van der Waals surface area contributed by atoms with Gasteiger partial charge in [0.15, 0.2) is 23.9 Å². The fourth-order valence-corrected chi connectivity index (χ4v) is 4.59. The molecule has 0 bridgehead atoms. The molecule has 33 heavy (non-hydrogen) atoms. The van der Waals surface area contributed by atoms with Crippen molar-refractivity contribution in [3.8, 4) is 11.5 Å². The predicted octanol–water partition coefficient (Wildman–Crippen LogP) is 4.12. The first-order valence-corrected chi connectivity index (χ1v) is 11.1. The zero-order valence-corrected chi connectivity index (χ0v) is 19.0. The minimum absolute atomic E-state index is 0.0632. The third kappa shape index (κ3) is 4.59. The van der Waals surface area contributed by atoms with Crippen molar-refractivity contribution < 1.29 is 28.6 Å². The summed E-state index contributed by atoms with van der Waals surface area (Å²) in [7, 11) is 1.56. The Morgan fingerprint density at radius 2 is 1.94 bits per heavy atom. The molecule has 1 aliphatic carbocycles. The maximum absolute atomic E-state index is 13.1. The Morgan fingerprint density at radius 3 is 2.73 bits per heavy atom. The molecule has 2 aromatic rings. The molecule has 0 radical (unpaired) electrons. The van der Waals surface area contributed by atoms with E-state index in [9.17, 15) is 14.4 Å². The highest BCUT2D eigenvalue weighted by molar-refractivity contribution is 6.31. The zero-order chi connectivity index (χ0) is 23.4. The number of benzene rings is 2. The smallest absolute Gasteiger partial charge is 0.331 e. The third-order valence-electron chi connectivity index (χ3n) is 6.07. The maximum Gasteiger partial charge on any atom is 0.331 e. The van der Waals surface area contributed by atoms with Crippen LogP contribution < -0.4 is 9.47 Å². The molecule has 0 spiro atoms. The molecular weight excluding hydrogens is 446 g/mol. The lowest BCUT2D eigenvalue weighted by Gasteiger charge is -2.43. The summed E-state index contributed by atoms with van der Waals surface area (Å²) in [4.78, 5) is 39.7. The van der Waals surface area contributed by atoms with Gasteiger partial charge in [-0.2, -0.15) is 0 Å². The Labute approximate surface area is 196 Å². The molecule has 2 aliphatic rings. The number of carbonyl (C=O) groups is 3. The number of ether oxygens (including phenoxy) is 3. The lowest BCUT2D eigenvalue weighted by atomic mass is 9.74. The summed E-state index contributed by atoms with van der Waals surface area (Å²) in [6, 6.07) is 12.3. The molecule has 1 saturated carbocycles. The average Bonchev–Trinajstić information content (AvgIpc) is 3.29. The van der Waals surface area contributed by atoms with Crippen molar-refractivity contribution in [2.45, 2.75) is 31.2 Å². The molecule has 4 rings (SSSR count). The van der Waals surface area contributed by atoms with E-state index in [0.717, 1.165) is 18.4 Å². The van der Waals surface area contributed by atoms with Gasteiger partial charge in [0.1, 0.15) is 5.54 Å². The molecule has 7 nitrogen and oxygen atoms in total. The van der Waals surface area contributed by atoms with Gasteiger partial charge in [0.2, 0.25) is 6.79 Å². The molecule has 1 heterocycles. The largest absolute Gasteiger partial charge is 0.454 e. The molecule has 1 aliphatic heterocycles. The van der Waals surface area contributed by atoms with E-state index in [4.69, 9.17) is 25.8 Å². The van der Waals surface area contributed by atoms with Crippen LogP contribution in [0.1, 0.15) is 36.8 Å². The molecule has 0 saturated heterocycles. The van der Waals surface area contributed by atoms with Gasteiger partial charge in [0.25, 0.3) is 5.91 Å². The van der Waals surface area contributed by atoms with Crippen LogP contribution in [0.2, 0.25) is 5.02 Å². The van der Waals surface area contributed by atoms with Crippen LogP contribution in [-0.4, -0.2) is 43.0 Å². The van der Waals surface area contributed by atoms with Crippen LogP contribution in [0.4, 0.5) is 0 Å². The summed E-state index contributed by atoms with van der Waals surface area (Å²) in [6.45, 7) is -0.321.